The van der Waals surface area contributed by atoms with E-state index < -0.39 is 10.0 Å². The fourth-order valence-corrected chi connectivity index (χ4v) is 4.94. The van der Waals surface area contributed by atoms with Crippen LogP contribution < -0.4 is 10.0 Å². The molecule has 0 spiro atoms. The highest BCUT2D eigenvalue weighted by Crippen LogP contribution is 2.22. The van der Waals surface area contributed by atoms with Gasteiger partial charge < -0.3 is 5.32 Å². The summed E-state index contributed by atoms with van der Waals surface area (Å²) in [4.78, 5) is 21.0. The normalized spacial score (nSPS) is 16.2. The van der Waals surface area contributed by atoms with Gasteiger partial charge in [0.25, 0.3) is 10.0 Å². The Morgan fingerprint density at radius 2 is 1.93 bits per heavy atom. The first-order valence-electron chi connectivity index (χ1n) is 8.31. The number of aliphatic imine (C=N–C) groups is 1. The second-order valence-corrected chi connectivity index (χ2v) is 8.70. The van der Waals surface area contributed by atoms with Crippen LogP contribution in [0.15, 0.2) is 58.4 Å². The van der Waals surface area contributed by atoms with Gasteiger partial charge in [-0.3, -0.25) is 14.5 Å². The van der Waals surface area contributed by atoms with E-state index in [9.17, 15) is 13.2 Å². The number of hydrogen-bond acceptors (Lipinski definition) is 6. The largest absolute Gasteiger partial charge is 0.350 e. The van der Waals surface area contributed by atoms with Gasteiger partial charge in [-0.15, -0.1) is 11.3 Å². The third kappa shape index (κ3) is 3.69. The summed E-state index contributed by atoms with van der Waals surface area (Å²) >= 11 is 1.55. The van der Waals surface area contributed by atoms with Crippen LogP contribution in [0.3, 0.4) is 0 Å². The average molecular weight is 400 g/mol. The number of benzene rings is 2. The lowest BCUT2D eigenvalue weighted by Gasteiger charge is -2.02. The molecule has 27 heavy (non-hydrogen) atoms. The van der Waals surface area contributed by atoms with Gasteiger partial charge in [0.05, 0.1) is 28.2 Å². The molecule has 0 radical (unpaired) electrons. The highest BCUT2D eigenvalue weighted by molar-refractivity contribution is 7.90. The molecule has 0 fully saturated rings. The zero-order valence-corrected chi connectivity index (χ0v) is 15.8. The monoisotopic (exact) mass is 400 g/mol. The maximum Gasteiger partial charge on any atom is 0.263 e. The van der Waals surface area contributed by atoms with Gasteiger partial charge in [0.15, 0.2) is 0 Å². The molecule has 0 saturated carbocycles. The van der Waals surface area contributed by atoms with Gasteiger partial charge in [-0.25, -0.2) is 13.4 Å². The van der Waals surface area contributed by atoms with Gasteiger partial charge in [0, 0.05) is 12.0 Å². The van der Waals surface area contributed by atoms with Crippen LogP contribution in [0.1, 0.15) is 17.0 Å². The number of fused-ring (bicyclic) bond motifs is 2. The Labute approximate surface area is 160 Å². The zero-order chi connectivity index (χ0) is 18.9. The lowest BCUT2D eigenvalue weighted by atomic mass is 10.2. The Hall–Kier alpha value is -2.78. The summed E-state index contributed by atoms with van der Waals surface area (Å²) in [5.74, 6) is 0.123. The van der Waals surface area contributed by atoms with Crippen molar-refractivity contribution >= 4 is 43.3 Å². The van der Waals surface area contributed by atoms with Crippen LogP contribution in [0, 0.1) is 0 Å². The summed E-state index contributed by atoms with van der Waals surface area (Å²) in [5.41, 5.74) is 1.46. The Balaban J connectivity index is 1.34. The van der Waals surface area contributed by atoms with E-state index in [0.717, 1.165) is 15.2 Å². The number of carbonyl (C=O) groups is 1. The minimum Gasteiger partial charge on any atom is -0.350 e. The highest BCUT2D eigenvalue weighted by Gasteiger charge is 2.29. The first-order valence-corrected chi connectivity index (χ1v) is 10.6. The standard InChI is InChI=1S/C18H16N4O3S2/c23-16(20-11-17-21-13-6-2-3-7-14(13)26-17)9-10-19-18-12-5-1-4-8-15(12)27(24,25)22-18/h1-8H,9-11H2,(H,19,22)(H,20,23). The maximum absolute atomic E-state index is 12.0. The predicted octanol–water partition coefficient (Wildman–Crippen LogP) is 2.04. The molecule has 138 valence electrons. The molecule has 0 atom stereocenters. The van der Waals surface area contributed by atoms with E-state index >= 15 is 0 Å². The van der Waals surface area contributed by atoms with Crippen molar-refractivity contribution in [1.29, 1.82) is 0 Å². The van der Waals surface area contributed by atoms with E-state index in [-0.39, 0.29) is 29.6 Å². The number of rotatable bonds is 5. The van der Waals surface area contributed by atoms with Crippen molar-refractivity contribution in [3.63, 3.8) is 0 Å². The van der Waals surface area contributed by atoms with Crippen LogP contribution in [-0.4, -0.2) is 31.7 Å². The highest BCUT2D eigenvalue weighted by atomic mass is 32.2. The van der Waals surface area contributed by atoms with Gasteiger partial charge in [-0.2, -0.15) is 0 Å². The number of para-hydroxylation sites is 1. The third-order valence-corrected chi connectivity index (χ3v) is 6.48. The molecule has 0 unspecified atom stereocenters. The van der Waals surface area contributed by atoms with Crippen molar-refractivity contribution in [1.82, 2.24) is 15.0 Å². The molecule has 2 aromatic carbocycles. The first kappa shape index (κ1) is 17.6. The Bertz CT molecular complexity index is 1120. The average Bonchev–Trinajstić information content (AvgIpc) is 3.19. The molecule has 9 heteroatoms. The van der Waals surface area contributed by atoms with Crippen molar-refractivity contribution in [2.75, 3.05) is 6.54 Å². The van der Waals surface area contributed by atoms with Crippen LogP contribution >= 0.6 is 11.3 Å². The first-order chi connectivity index (χ1) is 13.0. The number of amides is 1. The number of thiazole rings is 1. The van der Waals surface area contributed by atoms with E-state index in [0.29, 0.717) is 12.1 Å². The van der Waals surface area contributed by atoms with Crippen LogP contribution in [-0.2, 0) is 21.4 Å². The number of nitrogens with zero attached hydrogens (tertiary/aromatic N) is 2. The molecule has 1 amide bonds. The van der Waals surface area contributed by atoms with Crippen LogP contribution in [0.2, 0.25) is 0 Å². The zero-order valence-electron chi connectivity index (χ0n) is 14.2. The Morgan fingerprint density at radius 1 is 1.15 bits per heavy atom. The second kappa shape index (κ2) is 7.09. The Kier molecular flexibility index (Phi) is 4.63. The summed E-state index contributed by atoms with van der Waals surface area (Å²) in [6, 6.07) is 14.5. The summed E-state index contributed by atoms with van der Waals surface area (Å²) in [7, 11) is -3.55. The van der Waals surface area contributed by atoms with E-state index in [1.54, 1.807) is 29.5 Å². The van der Waals surface area contributed by atoms with Crippen molar-refractivity contribution in [3.8, 4) is 0 Å². The minimum absolute atomic E-state index is 0.159. The van der Waals surface area contributed by atoms with Crippen molar-refractivity contribution in [3.05, 3.63) is 59.1 Å². The number of hydrogen-bond donors (Lipinski definition) is 2. The molecule has 1 aliphatic heterocycles. The number of amidine groups is 1. The minimum atomic E-state index is -3.55. The van der Waals surface area contributed by atoms with Crippen LogP contribution in [0.4, 0.5) is 0 Å². The second-order valence-electron chi connectivity index (χ2n) is 5.93. The van der Waals surface area contributed by atoms with Gasteiger partial charge in [0.2, 0.25) is 5.91 Å². The summed E-state index contributed by atoms with van der Waals surface area (Å²) < 4.78 is 27.5. The van der Waals surface area contributed by atoms with Crippen molar-refractivity contribution in [2.24, 2.45) is 4.99 Å². The summed E-state index contributed by atoms with van der Waals surface area (Å²) in [6.07, 6.45) is 0.165. The fourth-order valence-electron chi connectivity index (χ4n) is 2.78. The predicted molar refractivity (Wildman–Crippen MR) is 104 cm³/mol. The fraction of sp³-hybridized carbons (Fsp3) is 0.167. The molecule has 4 rings (SSSR count). The summed E-state index contributed by atoms with van der Waals surface area (Å²) in [6.45, 7) is 0.558. The van der Waals surface area contributed by atoms with Crippen molar-refractivity contribution < 1.29 is 13.2 Å². The van der Waals surface area contributed by atoms with E-state index in [4.69, 9.17) is 0 Å². The SMILES string of the molecule is O=C(CCN=C1NS(=O)(=O)c2ccccc21)NCc1nc2ccccc2s1. The van der Waals surface area contributed by atoms with Gasteiger partial charge >= 0.3 is 0 Å². The molecule has 0 saturated heterocycles. The van der Waals surface area contributed by atoms with E-state index in [2.05, 4.69) is 20.0 Å². The lowest BCUT2D eigenvalue weighted by Crippen LogP contribution is -2.25. The summed E-state index contributed by atoms with van der Waals surface area (Å²) in [5, 5.41) is 3.66. The number of aromatic nitrogens is 1. The molecule has 1 aromatic heterocycles. The van der Waals surface area contributed by atoms with Crippen molar-refractivity contribution in [2.45, 2.75) is 17.9 Å². The molecule has 3 aromatic rings. The molecular weight excluding hydrogens is 384 g/mol. The lowest BCUT2D eigenvalue weighted by molar-refractivity contribution is -0.121. The molecule has 0 bridgehead atoms. The molecule has 7 nitrogen and oxygen atoms in total. The number of nitrogens with one attached hydrogen (secondary N) is 2. The molecular formula is C18H16N4O3S2. The smallest absolute Gasteiger partial charge is 0.263 e. The quantitative estimate of drug-likeness (QED) is 0.684. The number of carbonyl (C=O) groups excluding carboxylic acids is 1. The molecule has 2 N–H and O–H groups in total. The molecule has 1 aliphatic rings. The Morgan fingerprint density at radius 3 is 2.78 bits per heavy atom. The van der Waals surface area contributed by atoms with Gasteiger partial charge in [-0.05, 0) is 24.3 Å². The number of sulfonamides is 1. The molecule has 2 heterocycles. The van der Waals surface area contributed by atoms with E-state index in [1.165, 1.54) is 6.07 Å². The van der Waals surface area contributed by atoms with E-state index in [1.807, 2.05) is 24.3 Å². The van der Waals surface area contributed by atoms with Crippen LogP contribution in [0.5, 0.6) is 0 Å². The molecule has 0 aliphatic carbocycles. The van der Waals surface area contributed by atoms with Gasteiger partial charge in [-0.1, -0.05) is 24.3 Å². The van der Waals surface area contributed by atoms with Crippen LogP contribution in [0.25, 0.3) is 10.2 Å². The van der Waals surface area contributed by atoms with Gasteiger partial charge in [0.1, 0.15) is 10.8 Å². The maximum atomic E-state index is 12.0. The third-order valence-electron chi connectivity index (χ3n) is 4.05. The topological polar surface area (TPSA) is 101 Å².